The molecule has 1 saturated heterocycles. The van der Waals surface area contributed by atoms with Gasteiger partial charge < -0.3 is 20.7 Å². The lowest BCUT2D eigenvalue weighted by molar-refractivity contribution is -0.134. The molecule has 2 rings (SSSR count). The van der Waals surface area contributed by atoms with Crippen LogP contribution in [0.15, 0.2) is 35.3 Å². The number of aliphatic imine (C=N–C) groups is 1. The molecular formula is C20H29N5O5S. The molecule has 11 heteroatoms. The number of likely N-dealkylation sites (tertiary alicyclic amines) is 1. The van der Waals surface area contributed by atoms with Gasteiger partial charge in [-0.3, -0.25) is 14.6 Å². The van der Waals surface area contributed by atoms with Gasteiger partial charge >= 0.3 is 0 Å². The van der Waals surface area contributed by atoms with Crippen LogP contribution in [0.2, 0.25) is 0 Å². The lowest BCUT2D eigenvalue weighted by Crippen LogP contribution is -2.46. The van der Waals surface area contributed by atoms with Crippen LogP contribution in [0.3, 0.4) is 0 Å². The Morgan fingerprint density at radius 2 is 2.06 bits per heavy atom. The third-order valence-electron chi connectivity index (χ3n) is 4.70. The van der Waals surface area contributed by atoms with E-state index in [1.807, 2.05) is 0 Å². The van der Waals surface area contributed by atoms with Crippen molar-refractivity contribution in [2.24, 2.45) is 10.7 Å². The Morgan fingerprint density at radius 3 is 2.71 bits per heavy atom. The van der Waals surface area contributed by atoms with Crippen LogP contribution in [-0.2, 0) is 30.2 Å². The molecule has 1 aliphatic heterocycles. The Hall–Kier alpha value is -2.79. The Morgan fingerprint density at radius 1 is 1.35 bits per heavy atom. The number of hydrogen-bond donors (Lipinski definition) is 3. The normalized spacial score (nSPS) is 18.1. The summed E-state index contributed by atoms with van der Waals surface area (Å²) in [6.45, 7) is 2.14. The molecule has 0 saturated carbocycles. The average molecular weight is 452 g/mol. The van der Waals surface area contributed by atoms with E-state index < -0.39 is 33.9 Å². The van der Waals surface area contributed by atoms with Crippen LogP contribution in [0, 0.1) is 0 Å². The standard InChI is InChI=1S/C20H29N5O5S/c1-15(21)22-10-5-8-17(13-26)23-19(27)12-25-11-9-18(20(25)28)24-31(29,30)14-16-6-3-2-4-7-16/h2-4,6-7,13,17-18,24H,5,8-12,14H2,1H3,(H2,21,22)(H,23,27). The second-order valence-electron chi connectivity index (χ2n) is 7.44. The zero-order chi connectivity index (χ0) is 22.9. The topological polar surface area (TPSA) is 151 Å². The van der Waals surface area contributed by atoms with E-state index in [-0.39, 0.29) is 25.3 Å². The summed E-state index contributed by atoms with van der Waals surface area (Å²) >= 11 is 0. The van der Waals surface area contributed by atoms with Gasteiger partial charge in [-0.25, -0.2) is 13.1 Å². The van der Waals surface area contributed by atoms with Gasteiger partial charge in [0.15, 0.2) is 0 Å². The largest absolute Gasteiger partial charge is 0.388 e. The second-order valence-corrected chi connectivity index (χ2v) is 9.19. The highest BCUT2D eigenvalue weighted by Crippen LogP contribution is 2.13. The fraction of sp³-hybridized carbons (Fsp3) is 0.500. The summed E-state index contributed by atoms with van der Waals surface area (Å²) in [5.41, 5.74) is 6.06. The van der Waals surface area contributed by atoms with E-state index in [4.69, 9.17) is 5.73 Å². The molecule has 31 heavy (non-hydrogen) atoms. The molecule has 0 bridgehead atoms. The molecule has 2 atom stereocenters. The number of hydrogen-bond acceptors (Lipinski definition) is 6. The highest BCUT2D eigenvalue weighted by Gasteiger charge is 2.35. The van der Waals surface area contributed by atoms with Crippen LogP contribution in [0.4, 0.5) is 0 Å². The van der Waals surface area contributed by atoms with Gasteiger partial charge in [0.1, 0.15) is 12.3 Å². The molecule has 1 fully saturated rings. The van der Waals surface area contributed by atoms with E-state index in [0.717, 1.165) is 0 Å². The first-order chi connectivity index (χ1) is 14.7. The number of sulfonamides is 1. The van der Waals surface area contributed by atoms with Crippen molar-refractivity contribution in [2.75, 3.05) is 19.6 Å². The minimum absolute atomic E-state index is 0.229. The molecule has 0 radical (unpaired) electrons. The minimum Gasteiger partial charge on any atom is -0.388 e. The number of aldehydes is 1. The fourth-order valence-electron chi connectivity index (χ4n) is 3.22. The molecule has 4 N–H and O–H groups in total. The summed E-state index contributed by atoms with van der Waals surface area (Å²) in [5, 5.41) is 2.58. The third kappa shape index (κ3) is 8.46. The zero-order valence-corrected chi connectivity index (χ0v) is 18.3. The SMILES string of the molecule is CC(N)=NCCCC(C=O)NC(=O)CN1CCC(NS(=O)(=O)Cc2ccccc2)C1=O. The van der Waals surface area contributed by atoms with Crippen LogP contribution < -0.4 is 15.8 Å². The maximum Gasteiger partial charge on any atom is 0.241 e. The average Bonchev–Trinajstić information content (AvgIpc) is 3.03. The maximum atomic E-state index is 12.5. The van der Waals surface area contributed by atoms with Crippen molar-refractivity contribution in [3.05, 3.63) is 35.9 Å². The molecule has 0 aliphatic carbocycles. The summed E-state index contributed by atoms with van der Waals surface area (Å²) in [4.78, 5) is 41.3. The van der Waals surface area contributed by atoms with Gasteiger partial charge in [0.2, 0.25) is 21.8 Å². The van der Waals surface area contributed by atoms with Crippen LogP contribution in [0.5, 0.6) is 0 Å². The highest BCUT2D eigenvalue weighted by atomic mass is 32.2. The van der Waals surface area contributed by atoms with E-state index in [0.29, 0.717) is 37.1 Å². The van der Waals surface area contributed by atoms with Gasteiger partial charge in [-0.1, -0.05) is 30.3 Å². The molecule has 170 valence electrons. The predicted molar refractivity (Wildman–Crippen MR) is 117 cm³/mol. The summed E-state index contributed by atoms with van der Waals surface area (Å²) in [5.74, 6) is -0.709. The molecule has 1 aliphatic rings. The van der Waals surface area contributed by atoms with Crippen molar-refractivity contribution in [3.63, 3.8) is 0 Å². The van der Waals surface area contributed by atoms with E-state index >= 15 is 0 Å². The monoisotopic (exact) mass is 451 g/mol. The van der Waals surface area contributed by atoms with Gasteiger partial charge in [-0.15, -0.1) is 0 Å². The van der Waals surface area contributed by atoms with Gasteiger partial charge in [0, 0.05) is 13.1 Å². The molecule has 1 heterocycles. The van der Waals surface area contributed by atoms with Gasteiger partial charge in [-0.05, 0) is 31.7 Å². The quantitative estimate of drug-likeness (QED) is 0.169. The summed E-state index contributed by atoms with van der Waals surface area (Å²) in [7, 11) is -3.71. The van der Waals surface area contributed by atoms with Crippen molar-refractivity contribution in [2.45, 2.75) is 44.0 Å². The number of nitrogens with zero attached hydrogens (tertiary/aromatic N) is 2. The predicted octanol–water partition coefficient (Wildman–Crippen LogP) is -0.452. The number of benzene rings is 1. The van der Waals surface area contributed by atoms with Gasteiger partial charge in [0.25, 0.3) is 0 Å². The Kier molecular flexibility index (Phi) is 9.13. The number of nitrogens with two attached hydrogens (primary N) is 1. The van der Waals surface area contributed by atoms with E-state index in [2.05, 4.69) is 15.0 Å². The van der Waals surface area contributed by atoms with Crippen LogP contribution in [0.1, 0.15) is 31.7 Å². The second kappa shape index (κ2) is 11.6. The molecule has 0 spiro atoms. The van der Waals surface area contributed by atoms with E-state index in [9.17, 15) is 22.8 Å². The van der Waals surface area contributed by atoms with Crippen LogP contribution >= 0.6 is 0 Å². The van der Waals surface area contributed by atoms with E-state index in [1.165, 1.54) is 4.90 Å². The Bertz CT molecular complexity index is 900. The number of amides is 2. The molecule has 1 aromatic carbocycles. The van der Waals surface area contributed by atoms with Crippen molar-refractivity contribution < 1.29 is 22.8 Å². The van der Waals surface area contributed by atoms with Crippen molar-refractivity contribution >= 4 is 34.0 Å². The molecule has 1 aromatic rings. The molecule has 2 amide bonds. The number of amidine groups is 1. The Labute approximate surface area is 182 Å². The zero-order valence-electron chi connectivity index (χ0n) is 17.5. The lowest BCUT2D eigenvalue weighted by atomic mass is 10.2. The molecular weight excluding hydrogens is 422 g/mol. The number of nitrogens with one attached hydrogen (secondary N) is 2. The minimum atomic E-state index is -3.71. The summed E-state index contributed by atoms with van der Waals surface area (Å²) < 4.78 is 27.2. The Balaban J connectivity index is 1.81. The van der Waals surface area contributed by atoms with Crippen molar-refractivity contribution in [3.8, 4) is 0 Å². The van der Waals surface area contributed by atoms with Gasteiger partial charge in [-0.2, -0.15) is 0 Å². The number of carbonyl (C=O) groups is 3. The first kappa shape index (κ1) is 24.5. The fourth-order valence-corrected chi connectivity index (χ4v) is 4.59. The first-order valence-corrected chi connectivity index (χ1v) is 11.7. The van der Waals surface area contributed by atoms with Crippen molar-refractivity contribution in [1.29, 1.82) is 0 Å². The third-order valence-corrected chi connectivity index (χ3v) is 6.06. The van der Waals surface area contributed by atoms with Crippen LogP contribution in [-0.4, -0.2) is 69.0 Å². The number of rotatable bonds is 12. The van der Waals surface area contributed by atoms with Gasteiger partial charge in [0.05, 0.1) is 24.2 Å². The lowest BCUT2D eigenvalue weighted by Gasteiger charge is -2.18. The maximum absolute atomic E-state index is 12.5. The molecule has 2 unspecified atom stereocenters. The van der Waals surface area contributed by atoms with Crippen LogP contribution in [0.25, 0.3) is 0 Å². The summed E-state index contributed by atoms with van der Waals surface area (Å²) in [6, 6.07) is 7.07. The highest BCUT2D eigenvalue weighted by molar-refractivity contribution is 7.88. The van der Waals surface area contributed by atoms with E-state index in [1.54, 1.807) is 37.3 Å². The van der Waals surface area contributed by atoms with Crippen molar-refractivity contribution in [1.82, 2.24) is 14.9 Å². The smallest absolute Gasteiger partial charge is 0.241 e. The molecule has 10 nitrogen and oxygen atoms in total. The molecule has 0 aromatic heterocycles. The summed E-state index contributed by atoms with van der Waals surface area (Å²) in [6.07, 6.45) is 1.89. The number of carbonyl (C=O) groups excluding carboxylic acids is 3. The first-order valence-electron chi connectivity index (χ1n) is 10.0.